The summed E-state index contributed by atoms with van der Waals surface area (Å²) in [5.74, 6) is 2.25. The first-order chi connectivity index (χ1) is 14.8. The van der Waals surface area contributed by atoms with Crippen LogP contribution in [0.25, 0.3) is 11.1 Å². The third-order valence-corrected chi connectivity index (χ3v) is 7.13. The number of sulfonamides is 1. The van der Waals surface area contributed by atoms with E-state index in [2.05, 4.69) is 35.1 Å². The van der Waals surface area contributed by atoms with Gasteiger partial charge in [0.15, 0.2) is 0 Å². The van der Waals surface area contributed by atoms with E-state index in [0.717, 1.165) is 47.6 Å². The van der Waals surface area contributed by atoms with Crippen molar-refractivity contribution in [1.82, 2.24) is 9.71 Å². The van der Waals surface area contributed by atoms with Crippen molar-refractivity contribution in [3.63, 3.8) is 0 Å². The highest BCUT2D eigenvalue weighted by Gasteiger charge is 2.45. The van der Waals surface area contributed by atoms with Crippen LogP contribution in [-0.4, -0.2) is 25.7 Å². The van der Waals surface area contributed by atoms with Crippen LogP contribution >= 0.6 is 0 Å². The Morgan fingerprint density at radius 2 is 2.00 bits per heavy atom. The maximum absolute atomic E-state index is 11.8. The Morgan fingerprint density at radius 3 is 2.84 bits per heavy atom. The van der Waals surface area contributed by atoms with Crippen LogP contribution in [0.5, 0.6) is 5.75 Å². The number of nitrogens with zero attached hydrogens (tertiary/aromatic N) is 1. The molecule has 1 fully saturated rings. The Hall–Kier alpha value is -2.64. The first kappa shape index (κ1) is 20.3. The van der Waals surface area contributed by atoms with Gasteiger partial charge in [0, 0.05) is 11.6 Å². The normalized spacial score (nSPS) is 23.0. The quantitative estimate of drug-likeness (QED) is 0.651. The lowest BCUT2D eigenvalue weighted by Gasteiger charge is -2.27. The smallest absolute Gasteiger partial charge is 0.208 e. The Bertz CT molecular complexity index is 1230. The van der Waals surface area contributed by atoms with Crippen molar-refractivity contribution in [2.45, 2.75) is 50.7 Å². The lowest BCUT2D eigenvalue weighted by molar-refractivity contribution is 0.300. The molecule has 3 aromatic rings. The molecule has 1 aliphatic heterocycles. The third-order valence-electron chi connectivity index (χ3n) is 6.37. The second-order valence-corrected chi connectivity index (χ2v) is 10.6. The molecule has 1 spiro atoms. The van der Waals surface area contributed by atoms with Crippen molar-refractivity contribution in [3.05, 3.63) is 71.4 Å². The first-order valence-electron chi connectivity index (χ1n) is 10.6. The molecule has 31 heavy (non-hydrogen) atoms. The number of fused-ring (bicyclic) bond motifs is 7. The average Bonchev–Trinajstić information content (AvgIpc) is 3.29. The Balaban J connectivity index is 1.61. The number of ether oxygens (including phenoxy) is 1. The molecule has 0 amide bonds. The van der Waals surface area contributed by atoms with Gasteiger partial charge < -0.3 is 9.15 Å². The molecule has 2 atom stereocenters. The minimum Gasteiger partial charge on any atom is -0.487 e. The van der Waals surface area contributed by atoms with Crippen molar-refractivity contribution in [2.75, 3.05) is 6.26 Å². The Kier molecular flexibility index (Phi) is 4.90. The van der Waals surface area contributed by atoms with Crippen LogP contribution < -0.4 is 9.46 Å². The van der Waals surface area contributed by atoms with Gasteiger partial charge in [-0.05, 0) is 49.8 Å². The van der Waals surface area contributed by atoms with Crippen LogP contribution in [-0.2, 0) is 28.5 Å². The molecule has 6 nitrogen and oxygen atoms in total. The summed E-state index contributed by atoms with van der Waals surface area (Å²) in [5.41, 5.74) is 3.75. The van der Waals surface area contributed by atoms with Crippen LogP contribution in [0.1, 0.15) is 42.2 Å². The molecule has 7 heteroatoms. The van der Waals surface area contributed by atoms with Crippen molar-refractivity contribution in [3.8, 4) is 16.9 Å². The van der Waals surface area contributed by atoms with E-state index < -0.39 is 10.0 Å². The van der Waals surface area contributed by atoms with Crippen LogP contribution in [0.15, 0.2) is 52.9 Å². The number of benzene rings is 2. The summed E-state index contributed by atoms with van der Waals surface area (Å²) in [4.78, 5) is 4.85. The van der Waals surface area contributed by atoms with E-state index in [-0.39, 0.29) is 11.5 Å². The number of nitrogens with one attached hydrogen (secondary N) is 1. The summed E-state index contributed by atoms with van der Waals surface area (Å²) < 4.78 is 38.8. The fraction of sp³-hybridized carbons (Fsp3) is 0.375. The van der Waals surface area contributed by atoms with E-state index >= 15 is 0 Å². The van der Waals surface area contributed by atoms with Gasteiger partial charge in [0.05, 0.1) is 11.7 Å². The van der Waals surface area contributed by atoms with Gasteiger partial charge >= 0.3 is 0 Å². The molecule has 0 unspecified atom stereocenters. The fourth-order valence-corrected chi connectivity index (χ4v) is 5.77. The molecule has 1 aliphatic carbocycles. The summed E-state index contributed by atoms with van der Waals surface area (Å²) in [6, 6.07) is 16.4. The molecule has 5 rings (SSSR count). The average molecular weight is 439 g/mol. The van der Waals surface area contributed by atoms with E-state index in [1.807, 2.05) is 25.1 Å². The van der Waals surface area contributed by atoms with Crippen molar-refractivity contribution >= 4 is 10.0 Å². The monoisotopic (exact) mass is 438 g/mol. The van der Waals surface area contributed by atoms with E-state index in [4.69, 9.17) is 14.1 Å². The molecule has 1 saturated carbocycles. The molecule has 1 N–H and O–H groups in total. The summed E-state index contributed by atoms with van der Waals surface area (Å²) >= 11 is 0. The summed E-state index contributed by atoms with van der Waals surface area (Å²) in [5, 5.41) is 0. The predicted octanol–water partition coefficient (Wildman–Crippen LogP) is 4.12. The SMILES string of the molecule is Cc1oc2nc1COc1ccccc1-c1cccc(c1)C[C@@]21CC[C@H](NS(C)(=O)=O)C1. The number of para-hydroxylation sites is 1. The largest absolute Gasteiger partial charge is 0.487 e. The highest BCUT2D eigenvalue weighted by Crippen LogP contribution is 2.45. The van der Waals surface area contributed by atoms with Gasteiger partial charge in [-0.15, -0.1) is 0 Å². The molecule has 2 aliphatic rings. The first-order valence-corrected chi connectivity index (χ1v) is 12.5. The Labute approximate surface area is 182 Å². The third kappa shape index (κ3) is 4.00. The molecule has 2 heterocycles. The van der Waals surface area contributed by atoms with Crippen LogP contribution in [0, 0.1) is 6.92 Å². The topological polar surface area (TPSA) is 81.4 Å². The van der Waals surface area contributed by atoms with Gasteiger partial charge in [-0.25, -0.2) is 18.1 Å². The van der Waals surface area contributed by atoms with Gasteiger partial charge in [-0.2, -0.15) is 0 Å². The number of rotatable bonds is 2. The molecule has 4 bridgehead atoms. The summed E-state index contributed by atoms with van der Waals surface area (Å²) in [6.45, 7) is 2.24. The van der Waals surface area contributed by atoms with Gasteiger partial charge in [-0.1, -0.05) is 42.5 Å². The van der Waals surface area contributed by atoms with Gasteiger partial charge in [0.25, 0.3) is 0 Å². The van der Waals surface area contributed by atoms with E-state index in [1.165, 1.54) is 11.8 Å². The lowest BCUT2D eigenvalue weighted by atomic mass is 9.79. The second kappa shape index (κ2) is 7.50. The zero-order valence-electron chi connectivity index (χ0n) is 17.7. The lowest BCUT2D eigenvalue weighted by Crippen LogP contribution is -2.35. The zero-order chi connectivity index (χ0) is 21.6. The molecular weight excluding hydrogens is 412 g/mol. The van der Waals surface area contributed by atoms with Crippen LogP contribution in [0.4, 0.5) is 0 Å². The Morgan fingerprint density at radius 1 is 1.16 bits per heavy atom. The highest BCUT2D eigenvalue weighted by molar-refractivity contribution is 7.88. The van der Waals surface area contributed by atoms with E-state index in [9.17, 15) is 8.42 Å². The molecular formula is C24H26N2O4S. The number of oxazole rings is 1. The molecule has 2 aromatic carbocycles. The minimum absolute atomic E-state index is 0.126. The van der Waals surface area contributed by atoms with Crippen molar-refractivity contribution < 1.29 is 17.6 Å². The number of aryl methyl sites for hydroxylation is 1. The molecule has 0 saturated heterocycles. The molecule has 162 valence electrons. The van der Waals surface area contributed by atoms with Gasteiger partial charge in [0.1, 0.15) is 23.8 Å². The second-order valence-electron chi connectivity index (χ2n) is 8.79. The standard InChI is InChI=1S/C24H26N2O4S/c1-16-21-15-29-22-9-4-3-8-20(22)18-7-5-6-17(12-18)13-24(23(25-21)30-16)11-10-19(14-24)26-31(2,27)28/h3-9,12,19,26H,10-11,13-15H2,1-2H3/t19-,24+/m0/s1. The predicted molar refractivity (Wildman–Crippen MR) is 118 cm³/mol. The maximum Gasteiger partial charge on any atom is 0.208 e. The number of hydrogen-bond donors (Lipinski definition) is 1. The van der Waals surface area contributed by atoms with Crippen molar-refractivity contribution in [2.24, 2.45) is 0 Å². The number of aromatic nitrogens is 1. The van der Waals surface area contributed by atoms with E-state index in [0.29, 0.717) is 18.9 Å². The fourth-order valence-electron chi connectivity index (χ4n) is 4.97. The highest BCUT2D eigenvalue weighted by atomic mass is 32.2. The van der Waals surface area contributed by atoms with Gasteiger partial charge in [0.2, 0.25) is 15.9 Å². The van der Waals surface area contributed by atoms with Gasteiger partial charge in [-0.3, -0.25) is 0 Å². The van der Waals surface area contributed by atoms with Crippen molar-refractivity contribution in [1.29, 1.82) is 0 Å². The summed E-state index contributed by atoms with van der Waals surface area (Å²) in [6.07, 6.45) is 4.17. The maximum atomic E-state index is 11.8. The van der Waals surface area contributed by atoms with Crippen LogP contribution in [0.3, 0.4) is 0 Å². The summed E-state index contributed by atoms with van der Waals surface area (Å²) in [7, 11) is -3.28. The molecule has 1 aromatic heterocycles. The minimum atomic E-state index is -3.28. The zero-order valence-corrected chi connectivity index (χ0v) is 18.5. The van der Waals surface area contributed by atoms with Crippen LogP contribution in [0.2, 0.25) is 0 Å². The molecule has 0 radical (unpaired) electrons. The van der Waals surface area contributed by atoms with E-state index in [1.54, 1.807) is 0 Å². The number of hydrogen-bond acceptors (Lipinski definition) is 5.